The van der Waals surface area contributed by atoms with E-state index in [9.17, 15) is 18.0 Å². The van der Waals surface area contributed by atoms with Crippen LogP contribution in [0, 0.1) is 0 Å². The predicted molar refractivity (Wildman–Crippen MR) is 152 cm³/mol. The molecule has 2 aromatic carbocycles. The zero-order chi connectivity index (χ0) is 28.4. The number of sulfonamides is 1. The molecule has 0 saturated heterocycles. The molecule has 0 radical (unpaired) electrons. The average molecular weight is 560 g/mol. The highest BCUT2D eigenvalue weighted by molar-refractivity contribution is 7.92. The molecule has 39 heavy (non-hydrogen) atoms. The van der Waals surface area contributed by atoms with E-state index in [0.29, 0.717) is 23.6 Å². The minimum Gasteiger partial charge on any atom is -0.497 e. The van der Waals surface area contributed by atoms with Crippen molar-refractivity contribution in [3.8, 4) is 11.5 Å². The Bertz CT molecular complexity index is 1200. The van der Waals surface area contributed by atoms with Crippen molar-refractivity contribution in [3.63, 3.8) is 0 Å². The van der Waals surface area contributed by atoms with Gasteiger partial charge in [0, 0.05) is 25.6 Å². The summed E-state index contributed by atoms with van der Waals surface area (Å²) in [6.07, 6.45) is 6.08. The number of benzene rings is 2. The van der Waals surface area contributed by atoms with Crippen LogP contribution >= 0.6 is 0 Å². The van der Waals surface area contributed by atoms with E-state index in [4.69, 9.17) is 9.47 Å². The Morgan fingerprint density at radius 3 is 2.28 bits per heavy atom. The number of methoxy groups -OCH3 is 2. The number of hydrogen-bond donors (Lipinski definition) is 1. The fourth-order valence-corrected chi connectivity index (χ4v) is 6.00. The molecule has 2 amide bonds. The summed E-state index contributed by atoms with van der Waals surface area (Å²) < 4.78 is 37.1. The first-order valence-electron chi connectivity index (χ1n) is 13.5. The molecule has 9 nitrogen and oxygen atoms in total. The van der Waals surface area contributed by atoms with Gasteiger partial charge in [-0.1, -0.05) is 44.0 Å². The molecule has 0 aliphatic heterocycles. The minimum absolute atomic E-state index is 0.0878. The van der Waals surface area contributed by atoms with Gasteiger partial charge in [0.05, 0.1) is 26.2 Å². The maximum absolute atomic E-state index is 13.6. The number of carbonyl (C=O) groups excluding carboxylic acids is 2. The Morgan fingerprint density at radius 1 is 1.03 bits per heavy atom. The van der Waals surface area contributed by atoms with Gasteiger partial charge in [0.2, 0.25) is 21.8 Å². The zero-order valence-electron chi connectivity index (χ0n) is 23.4. The van der Waals surface area contributed by atoms with E-state index in [1.165, 1.54) is 11.4 Å². The van der Waals surface area contributed by atoms with Gasteiger partial charge in [-0.15, -0.1) is 0 Å². The van der Waals surface area contributed by atoms with Gasteiger partial charge >= 0.3 is 0 Å². The molecule has 2 aromatic rings. The third kappa shape index (κ3) is 8.36. The number of nitrogens with one attached hydrogen (secondary N) is 1. The zero-order valence-corrected chi connectivity index (χ0v) is 24.2. The topological polar surface area (TPSA) is 105 Å². The number of anilines is 1. The fourth-order valence-electron chi connectivity index (χ4n) is 5.03. The lowest BCUT2D eigenvalue weighted by molar-refractivity contribution is -0.141. The summed E-state index contributed by atoms with van der Waals surface area (Å²) in [5, 5.41) is 3.14. The van der Waals surface area contributed by atoms with Gasteiger partial charge in [0.15, 0.2) is 0 Å². The van der Waals surface area contributed by atoms with Crippen molar-refractivity contribution < 1.29 is 27.5 Å². The van der Waals surface area contributed by atoms with Crippen LogP contribution in [0.15, 0.2) is 48.5 Å². The van der Waals surface area contributed by atoms with E-state index in [1.54, 1.807) is 36.3 Å². The first-order chi connectivity index (χ1) is 18.7. The number of amides is 2. The molecule has 0 aromatic heterocycles. The van der Waals surface area contributed by atoms with Gasteiger partial charge in [0.25, 0.3) is 0 Å². The summed E-state index contributed by atoms with van der Waals surface area (Å²) in [5.74, 6) is 0.802. The van der Waals surface area contributed by atoms with Crippen molar-refractivity contribution in [2.45, 2.75) is 70.5 Å². The van der Waals surface area contributed by atoms with E-state index in [2.05, 4.69) is 5.32 Å². The lowest BCUT2D eigenvalue weighted by Gasteiger charge is -2.32. The van der Waals surface area contributed by atoms with Crippen LogP contribution in [0.5, 0.6) is 11.5 Å². The van der Waals surface area contributed by atoms with Crippen molar-refractivity contribution in [1.29, 1.82) is 0 Å². The van der Waals surface area contributed by atoms with Gasteiger partial charge in [-0.3, -0.25) is 13.9 Å². The summed E-state index contributed by atoms with van der Waals surface area (Å²) in [7, 11) is -0.538. The van der Waals surface area contributed by atoms with Crippen LogP contribution in [0.2, 0.25) is 0 Å². The summed E-state index contributed by atoms with van der Waals surface area (Å²) in [6.45, 7) is 2.27. The molecule has 0 bridgehead atoms. The molecule has 0 unspecified atom stereocenters. The standard InChI is InChI=1S/C29H41N3O6S/c1-5-25(29(34)30-23-11-6-7-12-23)31(21-22-16-18-24(37-2)19-17-22)28(33)15-10-20-32(39(4,35)36)26-13-8-9-14-27(26)38-3/h8-9,13-14,16-19,23,25H,5-7,10-12,15,20-21H2,1-4H3,(H,30,34)/t25-/m1/s1. The van der Waals surface area contributed by atoms with Gasteiger partial charge in [-0.25, -0.2) is 8.42 Å². The first kappa shape index (κ1) is 30.3. The van der Waals surface area contributed by atoms with Crippen LogP contribution < -0.4 is 19.1 Å². The Labute approximate surface area is 232 Å². The van der Waals surface area contributed by atoms with Crippen molar-refractivity contribution in [1.82, 2.24) is 10.2 Å². The Kier molecular flexibility index (Phi) is 11.0. The summed E-state index contributed by atoms with van der Waals surface area (Å²) in [6, 6.07) is 13.8. The summed E-state index contributed by atoms with van der Waals surface area (Å²) in [4.78, 5) is 28.6. The molecule has 1 aliphatic rings. The molecular weight excluding hydrogens is 518 g/mol. The molecule has 214 valence electrons. The second-order valence-corrected chi connectivity index (χ2v) is 11.8. The largest absolute Gasteiger partial charge is 0.497 e. The van der Waals surface area contributed by atoms with Gasteiger partial charge < -0.3 is 19.7 Å². The monoisotopic (exact) mass is 559 g/mol. The quantitative estimate of drug-likeness (QED) is 0.373. The summed E-state index contributed by atoms with van der Waals surface area (Å²) >= 11 is 0. The van der Waals surface area contributed by atoms with E-state index in [1.807, 2.05) is 31.2 Å². The normalized spacial score (nSPS) is 14.5. The number of carbonyl (C=O) groups is 2. The molecule has 1 atom stereocenters. The molecular formula is C29H41N3O6S. The van der Waals surface area contributed by atoms with Crippen LogP contribution in [-0.2, 0) is 26.2 Å². The Hall–Kier alpha value is -3.27. The minimum atomic E-state index is -3.62. The van der Waals surface area contributed by atoms with Gasteiger partial charge in [-0.2, -0.15) is 0 Å². The second-order valence-electron chi connectivity index (χ2n) is 9.89. The molecule has 0 spiro atoms. The number of hydrogen-bond acceptors (Lipinski definition) is 6. The van der Waals surface area contributed by atoms with E-state index in [-0.39, 0.29) is 43.8 Å². The molecule has 1 fully saturated rings. The van der Waals surface area contributed by atoms with Crippen molar-refractivity contribution in [2.24, 2.45) is 0 Å². The van der Waals surface area contributed by atoms with E-state index >= 15 is 0 Å². The lowest BCUT2D eigenvalue weighted by atomic mass is 10.1. The van der Waals surface area contributed by atoms with Crippen molar-refractivity contribution in [3.05, 3.63) is 54.1 Å². The van der Waals surface area contributed by atoms with Crippen LogP contribution in [0.4, 0.5) is 5.69 Å². The van der Waals surface area contributed by atoms with Gasteiger partial charge in [0.1, 0.15) is 17.5 Å². The first-order valence-corrected chi connectivity index (χ1v) is 15.4. The molecule has 1 aliphatic carbocycles. The fraction of sp³-hybridized carbons (Fsp3) is 0.517. The van der Waals surface area contributed by atoms with Crippen LogP contribution in [0.25, 0.3) is 0 Å². The maximum atomic E-state index is 13.6. The Balaban J connectivity index is 1.77. The third-order valence-corrected chi connectivity index (χ3v) is 8.29. The molecule has 3 rings (SSSR count). The number of para-hydroxylation sites is 2. The highest BCUT2D eigenvalue weighted by Crippen LogP contribution is 2.30. The van der Waals surface area contributed by atoms with E-state index in [0.717, 1.165) is 37.5 Å². The third-order valence-electron chi connectivity index (χ3n) is 7.11. The maximum Gasteiger partial charge on any atom is 0.243 e. The number of rotatable bonds is 14. The number of ether oxygens (including phenoxy) is 2. The molecule has 1 saturated carbocycles. The smallest absolute Gasteiger partial charge is 0.243 e. The van der Waals surface area contributed by atoms with Crippen molar-refractivity contribution >= 4 is 27.5 Å². The second kappa shape index (κ2) is 14.2. The lowest BCUT2D eigenvalue weighted by Crippen LogP contribution is -2.51. The van der Waals surface area contributed by atoms with Gasteiger partial charge in [-0.05, 0) is 55.5 Å². The Morgan fingerprint density at radius 2 is 1.69 bits per heavy atom. The predicted octanol–water partition coefficient (Wildman–Crippen LogP) is 4.12. The van der Waals surface area contributed by atoms with Crippen LogP contribution in [0.1, 0.15) is 57.4 Å². The number of nitrogens with zero attached hydrogens (tertiary/aromatic N) is 2. The van der Waals surface area contributed by atoms with E-state index < -0.39 is 16.1 Å². The average Bonchev–Trinajstić information content (AvgIpc) is 3.43. The highest BCUT2D eigenvalue weighted by atomic mass is 32.2. The van der Waals surface area contributed by atoms with Crippen LogP contribution in [-0.4, -0.2) is 64.2 Å². The van der Waals surface area contributed by atoms with Crippen molar-refractivity contribution in [2.75, 3.05) is 31.3 Å². The molecule has 0 heterocycles. The van der Waals surface area contributed by atoms with Crippen LogP contribution in [0.3, 0.4) is 0 Å². The molecule has 1 N–H and O–H groups in total. The molecule has 10 heteroatoms. The highest BCUT2D eigenvalue weighted by Gasteiger charge is 2.31. The summed E-state index contributed by atoms with van der Waals surface area (Å²) in [5.41, 5.74) is 1.30. The SMILES string of the molecule is CC[C@H](C(=O)NC1CCCC1)N(Cc1ccc(OC)cc1)C(=O)CCCN(c1ccccc1OC)S(C)(=O)=O.